The first-order valence-corrected chi connectivity index (χ1v) is 11.7. The summed E-state index contributed by atoms with van der Waals surface area (Å²) in [6.45, 7) is 0. The second kappa shape index (κ2) is 8.18. The Kier molecular flexibility index (Phi) is 5.60. The Morgan fingerprint density at radius 1 is 0.967 bits per heavy atom. The molecule has 0 aliphatic rings. The molecule has 0 radical (unpaired) electrons. The van der Waals surface area contributed by atoms with Crippen LogP contribution in [0.15, 0.2) is 61.1 Å². The van der Waals surface area contributed by atoms with E-state index < -0.39 is 9.84 Å². The molecule has 0 saturated carbocycles. The summed E-state index contributed by atoms with van der Waals surface area (Å²) in [4.78, 5) is 12.8. The van der Waals surface area contributed by atoms with Gasteiger partial charge in [-0.15, -0.1) is 0 Å². The van der Waals surface area contributed by atoms with Crippen molar-refractivity contribution in [2.45, 2.75) is 5.75 Å². The van der Waals surface area contributed by atoms with Gasteiger partial charge in [0.1, 0.15) is 17.3 Å². The quantitative estimate of drug-likeness (QED) is 0.409. The second-order valence-electron chi connectivity index (χ2n) is 6.83. The Bertz CT molecular complexity index is 1360. The molecule has 2 aromatic carbocycles. The van der Waals surface area contributed by atoms with Crippen LogP contribution in [0, 0.1) is 0 Å². The van der Waals surface area contributed by atoms with Crippen molar-refractivity contribution in [3.8, 4) is 11.1 Å². The molecule has 4 rings (SSSR count). The molecule has 2 aromatic heterocycles. The van der Waals surface area contributed by atoms with Gasteiger partial charge in [0, 0.05) is 39.7 Å². The average Bonchev–Trinajstić information content (AvgIpc) is 2.69. The van der Waals surface area contributed by atoms with Gasteiger partial charge in [-0.1, -0.05) is 35.3 Å². The number of benzene rings is 2. The number of hydrogen-bond acceptors (Lipinski definition) is 6. The summed E-state index contributed by atoms with van der Waals surface area (Å²) in [6, 6.07) is 14.8. The number of aromatic nitrogens is 3. The van der Waals surface area contributed by atoms with E-state index >= 15 is 0 Å². The number of pyridine rings is 1. The fourth-order valence-corrected chi connectivity index (χ4v) is 4.30. The highest BCUT2D eigenvalue weighted by molar-refractivity contribution is 7.89. The predicted octanol–water partition coefficient (Wildman–Crippen LogP) is 5.29. The van der Waals surface area contributed by atoms with Gasteiger partial charge in [-0.3, -0.25) is 0 Å². The van der Waals surface area contributed by atoms with Crippen molar-refractivity contribution in [2.24, 2.45) is 0 Å². The minimum atomic E-state index is -3.24. The topological polar surface area (TPSA) is 84.8 Å². The molecule has 0 fully saturated rings. The van der Waals surface area contributed by atoms with Gasteiger partial charge < -0.3 is 5.32 Å². The van der Waals surface area contributed by atoms with Gasteiger partial charge in [0.2, 0.25) is 0 Å². The molecule has 152 valence electrons. The highest BCUT2D eigenvalue weighted by atomic mass is 35.5. The first-order valence-electron chi connectivity index (χ1n) is 8.88. The van der Waals surface area contributed by atoms with Crippen molar-refractivity contribution < 1.29 is 8.42 Å². The molecule has 0 aliphatic heterocycles. The molecule has 4 aromatic rings. The highest BCUT2D eigenvalue weighted by Crippen LogP contribution is 2.30. The van der Waals surface area contributed by atoms with E-state index in [4.69, 9.17) is 23.2 Å². The van der Waals surface area contributed by atoms with Crippen molar-refractivity contribution in [3.63, 3.8) is 0 Å². The van der Waals surface area contributed by atoms with Crippen LogP contribution in [0.3, 0.4) is 0 Å². The van der Waals surface area contributed by atoms with Gasteiger partial charge in [0.15, 0.2) is 9.84 Å². The molecule has 0 amide bonds. The zero-order chi connectivity index (χ0) is 21.3. The van der Waals surface area contributed by atoms with Crippen molar-refractivity contribution in [1.82, 2.24) is 15.0 Å². The Morgan fingerprint density at radius 2 is 1.80 bits per heavy atom. The monoisotopic (exact) mass is 458 g/mol. The summed E-state index contributed by atoms with van der Waals surface area (Å²) in [7, 11) is -3.24. The molecular weight excluding hydrogens is 443 g/mol. The highest BCUT2D eigenvalue weighted by Gasteiger charge is 2.13. The second-order valence-corrected chi connectivity index (χ2v) is 9.77. The molecule has 0 bridgehead atoms. The third kappa shape index (κ3) is 4.70. The Balaban J connectivity index is 1.77. The van der Waals surface area contributed by atoms with Crippen molar-refractivity contribution in [2.75, 3.05) is 11.6 Å². The molecule has 0 aliphatic carbocycles. The van der Waals surface area contributed by atoms with Crippen LogP contribution in [0.4, 0.5) is 11.5 Å². The lowest BCUT2D eigenvalue weighted by Gasteiger charge is -2.11. The number of anilines is 2. The van der Waals surface area contributed by atoms with Gasteiger partial charge in [-0.25, -0.2) is 23.4 Å². The lowest BCUT2D eigenvalue weighted by atomic mass is 10.0. The average molecular weight is 459 g/mol. The molecule has 0 spiro atoms. The van der Waals surface area contributed by atoms with Crippen LogP contribution >= 0.6 is 23.2 Å². The van der Waals surface area contributed by atoms with E-state index in [9.17, 15) is 8.42 Å². The summed E-state index contributed by atoms with van der Waals surface area (Å²) >= 11 is 12.2. The lowest BCUT2D eigenvalue weighted by molar-refractivity contribution is 0.601. The SMILES string of the molecule is CS(=O)(=O)Cc1cc(-c2ccc3ncnc(Nc4cccc(Cl)c4)c3c2)cnc1Cl. The van der Waals surface area contributed by atoms with Crippen LogP contribution in [-0.4, -0.2) is 29.6 Å². The van der Waals surface area contributed by atoms with Gasteiger partial charge in [-0.2, -0.15) is 0 Å². The first kappa shape index (κ1) is 20.5. The van der Waals surface area contributed by atoms with E-state index in [1.807, 2.05) is 30.3 Å². The van der Waals surface area contributed by atoms with E-state index in [1.165, 1.54) is 6.33 Å². The number of hydrogen-bond donors (Lipinski definition) is 1. The third-order valence-corrected chi connectivity index (χ3v) is 5.80. The molecular formula is C21H16Cl2N4O2S. The summed E-state index contributed by atoms with van der Waals surface area (Å²) in [5.41, 5.74) is 3.61. The van der Waals surface area contributed by atoms with Crippen LogP contribution in [0.1, 0.15) is 5.56 Å². The fourth-order valence-electron chi connectivity index (χ4n) is 3.07. The molecule has 0 unspecified atom stereocenters. The van der Waals surface area contributed by atoms with Gasteiger partial charge in [0.25, 0.3) is 0 Å². The standard InChI is InChI=1S/C21H16Cl2N4O2S/c1-30(28,29)11-15-7-14(10-24-20(15)23)13-5-6-19-18(8-13)21(26-12-25-19)27-17-4-2-3-16(22)9-17/h2-10,12H,11H2,1H3,(H,25,26,27). The van der Waals surface area contributed by atoms with E-state index in [-0.39, 0.29) is 10.9 Å². The zero-order valence-corrected chi connectivity index (χ0v) is 18.1. The Labute approximate surface area is 183 Å². The Hall–Kier alpha value is -2.74. The predicted molar refractivity (Wildman–Crippen MR) is 121 cm³/mol. The fraction of sp³-hybridized carbons (Fsp3) is 0.0952. The van der Waals surface area contributed by atoms with E-state index in [2.05, 4.69) is 20.3 Å². The van der Waals surface area contributed by atoms with Gasteiger partial charge >= 0.3 is 0 Å². The van der Waals surface area contributed by atoms with E-state index in [1.54, 1.807) is 24.4 Å². The minimum Gasteiger partial charge on any atom is -0.340 e. The molecule has 0 atom stereocenters. The van der Waals surface area contributed by atoms with E-state index in [0.29, 0.717) is 16.4 Å². The number of sulfone groups is 1. The van der Waals surface area contributed by atoms with Crippen molar-refractivity contribution in [3.05, 3.63) is 76.8 Å². The number of fused-ring (bicyclic) bond motifs is 1. The number of nitrogens with zero attached hydrogens (tertiary/aromatic N) is 3. The smallest absolute Gasteiger partial charge is 0.151 e. The summed E-state index contributed by atoms with van der Waals surface area (Å²) < 4.78 is 23.4. The van der Waals surface area contributed by atoms with Crippen LogP contribution < -0.4 is 5.32 Å². The maximum atomic E-state index is 11.7. The molecule has 30 heavy (non-hydrogen) atoms. The third-order valence-electron chi connectivity index (χ3n) is 4.39. The summed E-state index contributed by atoms with van der Waals surface area (Å²) in [6.07, 6.45) is 4.27. The van der Waals surface area contributed by atoms with Crippen LogP contribution in [0.2, 0.25) is 10.2 Å². The Morgan fingerprint density at radius 3 is 2.57 bits per heavy atom. The molecule has 1 N–H and O–H groups in total. The largest absolute Gasteiger partial charge is 0.340 e. The van der Waals surface area contributed by atoms with Crippen molar-refractivity contribution >= 4 is 55.4 Å². The number of nitrogens with one attached hydrogen (secondary N) is 1. The summed E-state index contributed by atoms with van der Waals surface area (Å²) in [5, 5.41) is 4.86. The molecule has 9 heteroatoms. The van der Waals surface area contributed by atoms with E-state index in [0.717, 1.165) is 34.0 Å². The minimum absolute atomic E-state index is 0.176. The molecule has 2 heterocycles. The van der Waals surface area contributed by atoms with Crippen LogP contribution in [0.5, 0.6) is 0 Å². The van der Waals surface area contributed by atoms with Gasteiger partial charge in [-0.05, 0) is 42.0 Å². The summed E-state index contributed by atoms with van der Waals surface area (Å²) in [5.74, 6) is 0.452. The number of halogens is 2. The molecule has 6 nitrogen and oxygen atoms in total. The zero-order valence-electron chi connectivity index (χ0n) is 15.8. The van der Waals surface area contributed by atoms with Gasteiger partial charge in [0.05, 0.1) is 11.3 Å². The first-order chi connectivity index (χ1) is 14.3. The maximum Gasteiger partial charge on any atom is 0.151 e. The van der Waals surface area contributed by atoms with Crippen LogP contribution in [0.25, 0.3) is 22.0 Å². The molecule has 0 saturated heterocycles. The number of rotatable bonds is 5. The van der Waals surface area contributed by atoms with Crippen LogP contribution in [-0.2, 0) is 15.6 Å². The maximum absolute atomic E-state index is 11.7. The van der Waals surface area contributed by atoms with Crippen molar-refractivity contribution in [1.29, 1.82) is 0 Å². The lowest BCUT2D eigenvalue weighted by Crippen LogP contribution is -2.02. The normalized spacial score (nSPS) is 11.6.